The highest BCUT2D eigenvalue weighted by atomic mass is 16.4. The van der Waals surface area contributed by atoms with Crippen LogP contribution in [0.4, 0.5) is 0 Å². The third kappa shape index (κ3) is 4.07. The number of aliphatic carboxylic acids is 1. The standard InChI is InChI=1S/C10H19NO3/c12-9-5-3-1-2-4-8(9)11-7-6-10(13)14/h8-9,11-12H,1-7H2,(H,13,14). The number of nitrogens with one attached hydrogen (secondary N) is 1. The molecule has 0 aromatic rings. The van der Waals surface area contributed by atoms with Crippen LogP contribution in [0.15, 0.2) is 0 Å². The Balaban J connectivity index is 2.22. The minimum atomic E-state index is -0.791. The summed E-state index contributed by atoms with van der Waals surface area (Å²) in [4.78, 5) is 10.3. The fourth-order valence-corrected chi connectivity index (χ4v) is 1.89. The monoisotopic (exact) mass is 201 g/mol. The van der Waals surface area contributed by atoms with Crippen molar-refractivity contribution in [3.05, 3.63) is 0 Å². The summed E-state index contributed by atoms with van der Waals surface area (Å²) in [6.07, 6.45) is 5.01. The summed E-state index contributed by atoms with van der Waals surface area (Å²) in [5, 5.41) is 21.3. The van der Waals surface area contributed by atoms with Gasteiger partial charge in [0.15, 0.2) is 0 Å². The second kappa shape index (κ2) is 5.98. The van der Waals surface area contributed by atoms with Gasteiger partial charge in [0, 0.05) is 12.6 Å². The minimum absolute atomic E-state index is 0.0943. The lowest BCUT2D eigenvalue weighted by atomic mass is 10.1. The molecule has 1 aliphatic rings. The van der Waals surface area contributed by atoms with Crippen molar-refractivity contribution in [3.8, 4) is 0 Å². The molecule has 82 valence electrons. The molecule has 0 bridgehead atoms. The Morgan fingerprint density at radius 2 is 2.00 bits per heavy atom. The van der Waals surface area contributed by atoms with E-state index in [4.69, 9.17) is 5.11 Å². The molecule has 14 heavy (non-hydrogen) atoms. The van der Waals surface area contributed by atoms with Gasteiger partial charge in [-0.15, -0.1) is 0 Å². The van der Waals surface area contributed by atoms with E-state index < -0.39 is 5.97 Å². The molecule has 1 saturated carbocycles. The molecule has 2 atom stereocenters. The van der Waals surface area contributed by atoms with E-state index in [1.54, 1.807) is 0 Å². The molecule has 0 saturated heterocycles. The van der Waals surface area contributed by atoms with E-state index in [-0.39, 0.29) is 18.6 Å². The molecule has 4 nitrogen and oxygen atoms in total. The maximum atomic E-state index is 10.3. The van der Waals surface area contributed by atoms with Gasteiger partial charge in [0.2, 0.25) is 0 Å². The lowest BCUT2D eigenvalue weighted by Crippen LogP contribution is -2.40. The van der Waals surface area contributed by atoms with Crippen LogP contribution in [-0.2, 0) is 4.79 Å². The molecule has 0 radical (unpaired) electrons. The highest BCUT2D eigenvalue weighted by molar-refractivity contribution is 5.66. The van der Waals surface area contributed by atoms with Crippen LogP contribution in [0.25, 0.3) is 0 Å². The summed E-state index contributed by atoms with van der Waals surface area (Å²) in [5.74, 6) is -0.791. The zero-order valence-corrected chi connectivity index (χ0v) is 8.41. The van der Waals surface area contributed by atoms with E-state index in [1.807, 2.05) is 0 Å². The Morgan fingerprint density at radius 1 is 1.29 bits per heavy atom. The number of carboxylic acid groups (broad SMARTS) is 1. The van der Waals surface area contributed by atoms with Crippen molar-refractivity contribution >= 4 is 5.97 Å². The van der Waals surface area contributed by atoms with E-state index in [9.17, 15) is 9.90 Å². The fourth-order valence-electron chi connectivity index (χ4n) is 1.89. The second-order valence-electron chi connectivity index (χ2n) is 3.91. The van der Waals surface area contributed by atoms with Crippen molar-refractivity contribution in [3.63, 3.8) is 0 Å². The SMILES string of the molecule is O=C(O)CCNC1CCCCCC1O. The average molecular weight is 201 g/mol. The van der Waals surface area contributed by atoms with Crippen molar-refractivity contribution in [2.75, 3.05) is 6.54 Å². The van der Waals surface area contributed by atoms with Gasteiger partial charge < -0.3 is 15.5 Å². The number of hydrogen-bond donors (Lipinski definition) is 3. The highest BCUT2D eigenvalue weighted by Gasteiger charge is 2.20. The Hall–Kier alpha value is -0.610. The molecule has 0 heterocycles. The average Bonchev–Trinajstić information content (AvgIpc) is 2.31. The van der Waals surface area contributed by atoms with Gasteiger partial charge in [-0.2, -0.15) is 0 Å². The zero-order chi connectivity index (χ0) is 10.4. The van der Waals surface area contributed by atoms with Gasteiger partial charge in [-0.3, -0.25) is 4.79 Å². The van der Waals surface area contributed by atoms with Crippen LogP contribution in [0, 0.1) is 0 Å². The Labute approximate surface area is 84.3 Å². The van der Waals surface area contributed by atoms with Gasteiger partial charge in [0.25, 0.3) is 0 Å². The largest absolute Gasteiger partial charge is 0.481 e. The lowest BCUT2D eigenvalue weighted by molar-refractivity contribution is -0.136. The van der Waals surface area contributed by atoms with Crippen LogP contribution >= 0.6 is 0 Å². The van der Waals surface area contributed by atoms with Crippen molar-refractivity contribution in [2.45, 2.75) is 50.7 Å². The van der Waals surface area contributed by atoms with Crippen molar-refractivity contribution in [2.24, 2.45) is 0 Å². The fraction of sp³-hybridized carbons (Fsp3) is 0.900. The first-order valence-electron chi connectivity index (χ1n) is 5.33. The van der Waals surface area contributed by atoms with E-state index in [1.165, 1.54) is 6.42 Å². The Morgan fingerprint density at radius 3 is 2.71 bits per heavy atom. The summed E-state index contributed by atoms with van der Waals surface area (Å²) in [7, 11) is 0. The first-order chi connectivity index (χ1) is 6.70. The van der Waals surface area contributed by atoms with Gasteiger partial charge in [-0.05, 0) is 12.8 Å². The van der Waals surface area contributed by atoms with Crippen LogP contribution in [0.1, 0.15) is 38.5 Å². The molecule has 0 aliphatic heterocycles. The van der Waals surface area contributed by atoms with Crippen molar-refractivity contribution in [1.82, 2.24) is 5.32 Å². The van der Waals surface area contributed by atoms with E-state index in [0.29, 0.717) is 6.54 Å². The summed E-state index contributed by atoms with van der Waals surface area (Å²) in [6, 6.07) is 0.0943. The van der Waals surface area contributed by atoms with E-state index >= 15 is 0 Å². The quantitative estimate of drug-likeness (QED) is 0.587. The molecule has 2 unspecified atom stereocenters. The van der Waals surface area contributed by atoms with E-state index in [2.05, 4.69) is 5.32 Å². The molecule has 1 rings (SSSR count). The zero-order valence-electron chi connectivity index (χ0n) is 8.41. The predicted octanol–water partition coefficient (Wildman–Crippen LogP) is 0.744. The molecule has 0 aromatic heterocycles. The molecule has 0 amide bonds. The topological polar surface area (TPSA) is 69.6 Å². The van der Waals surface area contributed by atoms with Crippen LogP contribution in [0.3, 0.4) is 0 Å². The second-order valence-corrected chi connectivity index (χ2v) is 3.91. The van der Waals surface area contributed by atoms with Gasteiger partial charge in [0.1, 0.15) is 0 Å². The summed E-state index contributed by atoms with van der Waals surface area (Å²) in [5.41, 5.74) is 0. The number of carbonyl (C=O) groups is 1. The first-order valence-corrected chi connectivity index (χ1v) is 5.33. The smallest absolute Gasteiger partial charge is 0.304 e. The van der Waals surface area contributed by atoms with Gasteiger partial charge >= 0.3 is 5.97 Å². The van der Waals surface area contributed by atoms with Crippen molar-refractivity contribution in [1.29, 1.82) is 0 Å². The molecule has 1 fully saturated rings. The lowest BCUT2D eigenvalue weighted by Gasteiger charge is -2.21. The molecular weight excluding hydrogens is 182 g/mol. The number of rotatable bonds is 4. The van der Waals surface area contributed by atoms with Crippen LogP contribution in [0.5, 0.6) is 0 Å². The Kier molecular flexibility index (Phi) is 4.90. The molecule has 4 heteroatoms. The van der Waals surface area contributed by atoms with Crippen LogP contribution in [0.2, 0.25) is 0 Å². The molecule has 0 aromatic carbocycles. The van der Waals surface area contributed by atoms with Gasteiger partial charge in [0.05, 0.1) is 12.5 Å². The van der Waals surface area contributed by atoms with E-state index in [0.717, 1.165) is 25.7 Å². The predicted molar refractivity (Wildman–Crippen MR) is 53.1 cm³/mol. The third-order valence-electron chi connectivity index (χ3n) is 2.72. The minimum Gasteiger partial charge on any atom is -0.481 e. The molecule has 1 aliphatic carbocycles. The number of hydrogen-bond acceptors (Lipinski definition) is 3. The summed E-state index contributed by atoms with van der Waals surface area (Å²) in [6.45, 7) is 0.455. The maximum absolute atomic E-state index is 10.3. The van der Waals surface area contributed by atoms with Crippen molar-refractivity contribution < 1.29 is 15.0 Å². The normalized spacial score (nSPS) is 28.4. The molecule has 0 spiro atoms. The summed E-state index contributed by atoms with van der Waals surface area (Å²) < 4.78 is 0. The molecule has 3 N–H and O–H groups in total. The third-order valence-corrected chi connectivity index (χ3v) is 2.72. The number of aliphatic hydroxyl groups excluding tert-OH is 1. The highest BCUT2D eigenvalue weighted by Crippen LogP contribution is 2.17. The Bertz CT molecular complexity index is 184. The van der Waals surface area contributed by atoms with Gasteiger partial charge in [-0.1, -0.05) is 19.3 Å². The van der Waals surface area contributed by atoms with Gasteiger partial charge in [-0.25, -0.2) is 0 Å². The first kappa shape index (κ1) is 11.5. The van der Waals surface area contributed by atoms with Crippen LogP contribution in [-0.4, -0.2) is 34.9 Å². The van der Waals surface area contributed by atoms with Crippen LogP contribution < -0.4 is 5.32 Å². The molecular formula is C10H19NO3. The maximum Gasteiger partial charge on any atom is 0.304 e. The number of carboxylic acids is 1. The summed E-state index contributed by atoms with van der Waals surface area (Å²) >= 11 is 0. The number of aliphatic hydroxyl groups is 1.